The van der Waals surface area contributed by atoms with E-state index in [1.54, 1.807) is 0 Å². The molecule has 2 atom stereocenters. The molecule has 0 aliphatic heterocycles. The number of nitriles is 1. The SMILES string of the molecule is CCC(NCC(C)C#N)C1CCCCC1. The third kappa shape index (κ3) is 4.22. The lowest BCUT2D eigenvalue weighted by atomic mass is 9.83. The quantitative estimate of drug-likeness (QED) is 0.753. The topological polar surface area (TPSA) is 35.8 Å². The molecule has 0 heterocycles. The van der Waals surface area contributed by atoms with Crippen molar-refractivity contribution < 1.29 is 0 Å². The van der Waals surface area contributed by atoms with Crippen LogP contribution in [0.1, 0.15) is 52.4 Å². The van der Waals surface area contributed by atoms with Gasteiger partial charge in [-0.25, -0.2) is 0 Å². The minimum atomic E-state index is 0.141. The molecule has 0 saturated heterocycles. The Labute approximate surface area is 94.1 Å². The molecule has 0 amide bonds. The fraction of sp³-hybridized carbons (Fsp3) is 0.923. The summed E-state index contributed by atoms with van der Waals surface area (Å²) in [4.78, 5) is 0. The predicted molar refractivity (Wildman–Crippen MR) is 63.4 cm³/mol. The fourth-order valence-corrected chi connectivity index (χ4v) is 2.55. The molecular formula is C13H24N2. The first kappa shape index (κ1) is 12.5. The Morgan fingerprint density at radius 2 is 2.00 bits per heavy atom. The van der Waals surface area contributed by atoms with Crippen LogP contribution < -0.4 is 5.32 Å². The molecular weight excluding hydrogens is 184 g/mol. The van der Waals surface area contributed by atoms with Crippen LogP contribution in [0.15, 0.2) is 0 Å². The van der Waals surface area contributed by atoms with Crippen molar-refractivity contribution in [1.82, 2.24) is 5.32 Å². The van der Waals surface area contributed by atoms with E-state index in [0.717, 1.165) is 12.5 Å². The summed E-state index contributed by atoms with van der Waals surface area (Å²) < 4.78 is 0. The number of hydrogen-bond acceptors (Lipinski definition) is 2. The molecule has 1 N–H and O–H groups in total. The molecule has 0 aromatic carbocycles. The maximum absolute atomic E-state index is 8.74. The van der Waals surface area contributed by atoms with Crippen molar-refractivity contribution in [1.29, 1.82) is 5.26 Å². The van der Waals surface area contributed by atoms with E-state index in [-0.39, 0.29) is 5.92 Å². The van der Waals surface area contributed by atoms with Gasteiger partial charge >= 0.3 is 0 Å². The highest BCUT2D eigenvalue weighted by Gasteiger charge is 2.21. The number of hydrogen-bond donors (Lipinski definition) is 1. The third-order valence-electron chi connectivity index (χ3n) is 3.57. The van der Waals surface area contributed by atoms with Gasteiger partial charge in [-0.05, 0) is 32.1 Å². The second-order valence-corrected chi connectivity index (χ2v) is 4.85. The Balaban J connectivity index is 2.31. The van der Waals surface area contributed by atoms with Crippen molar-refractivity contribution in [2.75, 3.05) is 6.54 Å². The first-order chi connectivity index (χ1) is 7.27. The zero-order valence-corrected chi connectivity index (χ0v) is 10.1. The van der Waals surface area contributed by atoms with Crippen LogP contribution in [0.3, 0.4) is 0 Å². The van der Waals surface area contributed by atoms with Gasteiger partial charge in [-0.1, -0.05) is 26.2 Å². The summed E-state index contributed by atoms with van der Waals surface area (Å²) in [6, 6.07) is 2.92. The van der Waals surface area contributed by atoms with Gasteiger partial charge in [0.05, 0.1) is 12.0 Å². The van der Waals surface area contributed by atoms with Gasteiger partial charge in [0.15, 0.2) is 0 Å². The zero-order chi connectivity index (χ0) is 11.1. The lowest BCUT2D eigenvalue weighted by molar-refractivity contribution is 0.259. The van der Waals surface area contributed by atoms with Crippen LogP contribution in [0.4, 0.5) is 0 Å². The van der Waals surface area contributed by atoms with Gasteiger partial charge in [-0.3, -0.25) is 0 Å². The van der Waals surface area contributed by atoms with Gasteiger partial charge < -0.3 is 5.32 Å². The average Bonchev–Trinajstić information content (AvgIpc) is 2.31. The van der Waals surface area contributed by atoms with Gasteiger partial charge in [-0.15, -0.1) is 0 Å². The standard InChI is InChI=1S/C13H24N2/c1-3-13(15-10-11(2)9-14)12-7-5-4-6-8-12/h11-13,15H,3-8,10H2,1-2H3. The van der Waals surface area contributed by atoms with Crippen LogP contribution in [-0.2, 0) is 0 Å². The largest absolute Gasteiger partial charge is 0.312 e. The van der Waals surface area contributed by atoms with Gasteiger partial charge in [0.2, 0.25) is 0 Å². The molecule has 1 rings (SSSR count). The van der Waals surface area contributed by atoms with Crippen LogP contribution in [0.5, 0.6) is 0 Å². The highest BCUT2D eigenvalue weighted by Crippen LogP contribution is 2.27. The Morgan fingerprint density at radius 1 is 1.33 bits per heavy atom. The van der Waals surface area contributed by atoms with Crippen LogP contribution in [0.25, 0.3) is 0 Å². The highest BCUT2D eigenvalue weighted by molar-refractivity contribution is 4.84. The normalized spacial score (nSPS) is 21.9. The summed E-state index contributed by atoms with van der Waals surface area (Å²) in [6.45, 7) is 5.09. The summed E-state index contributed by atoms with van der Waals surface area (Å²) in [5, 5.41) is 12.3. The minimum Gasteiger partial charge on any atom is -0.312 e. The number of nitrogens with zero attached hydrogens (tertiary/aromatic N) is 1. The monoisotopic (exact) mass is 208 g/mol. The van der Waals surface area contributed by atoms with E-state index in [0.29, 0.717) is 6.04 Å². The molecule has 1 saturated carbocycles. The molecule has 0 bridgehead atoms. The second kappa shape index (κ2) is 6.85. The Bertz CT molecular complexity index is 201. The molecule has 2 unspecified atom stereocenters. The van der Waals surface area contributed by atoms with Gasteiger partial charge in [0.1, 0.15) is 0 Å². The van der Waals surface area contributed by atoms with E-state index in [1.165, 1.54) is 38.5 Å². The lowest BCUT2D eigenvalue weighted by Crippen LogP contribution is -2.38. The van der Waals surface area contributed by atoms with E-state index in [1.807, 2.05) is 6.92 Å². The molecule has 0 spiro atoms. The fourth-order valence-electron chi connectivity index (χ4n) is 2.55. The Hall–Kier alpha value is -0.550. The van der Waals surface area contributed by atoms with Crippen LogP contribution >= 0.6 is 0 Å². The average molecular weight is 208 g/mol. The van der Waals surface area contributed by atoms with Crippen LogP contribution in [0, 0.1) is 23.2 Å². The summed E-state index contributed by atoms with van der Waals surface area (Å²) in [5.41, 5.74) is 0. The first-order valence-corrected chi connectivity index (χ1v) is 6.41. The van der Waals surface area contributed by atoms with Gasteiger partial charge in [-0.2, -0.15) is 5.26 Å². The Kier molecular flexibility index (Phi) is 5.71. The summed E-state index contributed by atoms with van der Waals surface area (Å²) in [5.74, 6) is 0.997. The van der Waals surface area contributed by atoms with Crippen molar-refractivity contribution in [2.24, 2.45) is 11.8 Å². The van der Waals surface area contributed by atoms with Crippen molar-refractivity contribution >= 4 is 0 Å². The Morgan fingerprint density at radius 3 is 2.53 bits per heavy atom. The second-order valence-electron chi connectivity index (χ2n) is 4.85. The van der Waals surface area contributed by atoms with Crippen molar-refractivity contribution in [2.45, 2.75) is 58.4 Å². The van der Waals surface area contributed by atoms with Crippen molar-refractivity contribution in [3.8, 4) is 6.07 Å². The third-order valence-corrected chi connectivity index (χ3v) is 3.57. The van der Waals surface area contributed by atoms with E-state index >= 15 is 0 Å². The zero-order valence-electron chi connectivity index (χ0n) is 10.1. The molecule has 1 fully saturated rings. The summed E-state index contributed by atoms with van der Waals surface area (Å²) >= 11 is 0. The minimum absolute atomic E-state index is 0.141. The van der Waals surface area contributed by atoms with Crippen LogP contribution in [-0.4, -0.2) is 12.6 Å². The van der Waals surface area contributed by atoms with Crippen molar-refractivity contribution in [3.63, 3.8) is 0 Å². The molecule has 1 aliphatic rings. The molecule has 15 heavy (non-hydrogen) atoms. The molecule has 2 heteroatoms. The smallest absolute Gasteiger partial charge is 0.0666 e. The van der Waals surface area contributed by atoms with Gasteiger partial charge in [0.25, 0.3) is 0 Å². The molecule has 0 aromatic heterocycles. The molecule has 86 valence electrons. The summed E-state index contributed by atoms with van der Waals surface area (Å²) in [7, 11) is 0. The molecule has 1 aliphatic carbocycles. The first-order valence-electron chi connectivity index (χ1n) is 6.41. The number of nitrogens with one attached hydrogen (secondary N) is 1. The molecule has 2 nitrogen and oxygen atoms in total. The molecule has 0 aromatic rings. The van der Waals surface area contributed by atoms with E-state index in [4.69, 9.17) is 5.26 Å². The van der Waals surface area contributed by atoms with E-state index in [2.05, 4.69) is 18.3 Å². The highest BCUT2D eigenvalue weighted by atomic mass is 14.9. The maximum Gasteiger partial charge on any atom is 0.0666 e. The summed E-state index contributed by atoms with van der Waals surface area (Å²) in [6.07, 6.45) is 8.18. The van der Waals surface area contributed by atoms with Crippen LogP contribution in [0.2, 0.25) is 0 Å². The molecule has 0 radical (unpaired) electrons. The van der Waals surface area contributed by atoms with E-state index in [9.17, 15) is 0 Å². The lowest BCUT2D eigenvalue weighted by Gasteiger charge is -2.30. The van der Waals surface area contributed by atoms with Crippen molar-refractivity contribution in [3.05, 3.63) is 0 Å². The predicted octanol–water partition coefficient (Wildman–Crippen LogP) is 3.09. The maximum atomic E-state index is 8.74. The van der Waals surface area contributed by atoms with Gasteiger partial charge in [0, 0.05) is 12.6 Å². The van der Waals surface area contributed by atoms with E-state index < -0.39 is 0 Å². The number of rotatable bonds is 5.